The third-order valence-electron chi connectivity index (χ3n) is 6.21. The molecule has 1 aliphatic heterocycles. The summed E-state index contributed by atoms with van der Waals surface area (Å²) in [7, 11) is 1.51. The number of nitrogens with two attached hydrogens (primary N) is 1. The minimum Gasteiger partial charge on any atom is -0.488 e. The van der Waals surface area contributed by atoms with Crippen LogP contribution in [0.3, 0.4) is 0 Å². The van der Waals surface area contributed by atoms with E-state index < -0.39 is 18.0 Å². The van der Waals surface area contributed by atoms with E-state index in [0.29, 0.717) is 24.1 Å². The zero-order valence-corrected chi connectivity index (χ0v) is 21.8. The fourth-order valence-corrected chi connectivity index (χ4v) is 4.51. The monoisotopic (exact) mass is 576 g/mol. The normalized spacial score (nSPS) is 16.8. The average Bonchev–Trinajstić information content (AvgIpc) is 3.46. The third-order valence-corrected chi connectivity index (χ3v) is 6.21. The molecule has 0 amide bonds. The van der Waals surface area contributed by atoms with Crippen LogP contribution in [0.2, 0.25) is 0 Å². The topological polar surface area (TPSA) is 90.8 Å². The lowest BCUT2D eigenvalue weighted by molar-refractivity contribution is -0.183. The molecular formula is C24H26Cl2F4N6O2. The van der Waals surface area contributed by atoms with E-state index in [0.717, 1.165) is 0 Å². The van der Waals surface area contributed by atoms with Crippen molar-refractivity contribution in [2.24, 2.45) is 5.73 Å². The number of alkyl halides is 3. The zero-order valence-electron chi connectivity index (χ0n) is 20.2. The molecule has 0 saturated carbocycles. The Kier molecular flexibility index (Phi) is 9.37. The number of rotatable bonds is 7. The predicted octanol–water partition coefficient (Wildman–Crippen LogP) is 4.59. The van der Waals surface area contributed by atoms with E-state index in [2.05, 4.69) is 15.2 Å². The first-order valence-corrected chi connectivity index (χ1v) is 11.4. The minimum absolute atomic E-state index is 0. The number of halogens is 6. The highest BCUT2D eigenvalue weighted by Crippen LogP contribution is 2.39. The number of likely N-dealkylation sites (tertiary alicyclic amines) is 1. The summed E-state index contributed by atoms with van der Waals surface area (Å²) in [5.41, 5.74) is 6.55. The number of hydrogen-bond acceptors (Lipinski definition) is 7. The van der Waals surface area contributed by atoms with Crippen molar-refractivity contribution in [3.05, 3.63) is 54.0 Å². The van der Waals surface area contributed by atoms with Gasteiger partial charge in [-0.1, -0.05) is 12.1 Å². The number of nitrogens with zero attached hydrogens (tertiary/aromatic N) is 5. The Morgan fingerprint density at radius 1 is 1.08 bits per heavy atom. The zero-order chi connectivity index (χ0) is 25.4. The van der Waals surface area contributed by atoms with Gasteiger partial charge >= 0.3 is 6.18 Å². The Labute approximate surface area is 227 Å². The maximum Gasteiger partial charge on any atom is 0.408 e. The summed E-state index contributed by atoms with van der Waals surface area (Å²) in [5, 5.41) is 8.72. The van der Waals surface area contributed by atoms with Gasteiger partial charge in [-0.15, -0.1) is 35.0 Å². The van der Waals surface area contributed by atoms with Crippen LogP contribution in [0.15, 0.2) is 42.6 Å². The molecule has 4 heterocycles. The first kappa shape index (κ1) is 29.8. The summed E-state index contributed by atoms with van der Waals surface area (Å²) in [4.78, 5) is 5.75. The highest BCUT2D eigenvalue weighted by Gasteiger charge is 2.46. The Morgan fingerprint density at radius 3 is 2.53 bits per heavy atom. The molecule has 1 aliphatic rings. The lowest BCUT2D eigenvalue weighted by atomic mass is 10.1. The molecule has 4 aromatic rings. The van der Waals surface area contributed by atoms with E-state index in [1.807, 2.05) is 0 Å². The van der Waals surface area contributed by atoms with Crippen LogP contribution in [0.4, 0.5) is 17.6 Å². The van der Waals surface area contributed by atoms with Gasteiger partial charge in [0.25, 0.3) is 0 Å². The van der Waals surface area contributed by atoms with Crippen molar-refractivity contribution in [1.82, 2.24) is 24.5 Å². The van der Waals surface area contributed by atoms with Crippen molar-refractivity contribution < 1.29 is 27.0 Å². The molecule has 1 unspecified atom stereocenters. The number of pyridine rings is 2. The van der Waals surface area contributed by atoms with Gasteiger partial charge in [-0.05, 0) is 36.2 Å². The molecule has 206 valence electrons. The van der Waals surface area contributed by atoms with Crippen LogP contribution in [0.5, 0.6) is 5.75 Å². The van der Waals surface area contributed by atoms with Gasteiger partial charge in [0.15, 0.2) is 23.0 Å². The van der Waals surface area contributed by atoms with E-state index in [4.69, 9.17) is 15.2 Å². The molecule has 3 aromatic heterocycles. The quantitative estimate of drug-likeness (QED) is 0.254. The van der Waals surface area contributed by atoms with E-state index >= 15 is 4.39 Å². The lowest BCUT2D eigenvalue weighted by Crippen LogP contribution is -2.38. The average molecular weight is 577 g/mol. The van der Waals surface area contributed by atoms with Gasteiger partial charge in [-0.25, -0.2) is 9.37 Å². The fourth-order valence-electron chi connectivity index (χ4n) is 4.51. The molecule has 14 heteroatoms. The molecule has 38 heavy (non-hydrogen) atoms. The van der Waals surface area contributed by atoms with Gasteiger partial charge in [0, 0.05) is 37.8 Å². The Morgan fingerprint density at radius 2 is 1.84 bits per heavy atom. The summed E-state index contributed by atoms with van der Waals surface area (Å²) >= 11 is 0. The summed E-state index contributed by atoms with van der Waals surface area (Å²) in [6, 6.07) is 7.22. The standard InChI is InChI=1S/C24H24F4N6O2.2ClH/c1-35-10-11-36-18-6-3-14-2-5-17(30-21(14)20(18)25)23-32-31-19-7-4-15(12-34(19)23)22(24(26,27)28)33-9-8-16(29)13-33;;/h2-7,12,16,22H,8-11,13,29H2,1H3;2*1H/t16?,22-;;/m1../s1. The van der Waals surface area contributed by atoms with Crippen LogP contribution in [0, 0.1) is 5.82 Å². The van der Waals surface area contributed by atoms with Crippen LogP contribution in [0.25, 0.3) is 28.1 Å². The van der Waals surface area contributed by atoms with Crippen molar-refractivity contribution >= 4 is 41.4 Å². The summed E-state index contributed by atoms with van der Waals surface area (Å²) < 4.78 is 69.2. The van der Waals surface area contributed by atoms with Crippen LogP contribution < -0.4 is 10.5 Å². The molecule has 0 radical (unpaired) electrons. The number of fused-ring (bicyclic) bond motifs is 2. The number of methoxy groups -OCH3 is 1. The molecule has 0 aliphatic carbocycles. The van der Waals surface area contributed by atoms with Crippen molar-refractivity contribution in [2.75, 3.05) is 33.4 Å². The minimum atomic E-state index is -4.50. The van der Waals surface area contributed by atoms with Crippen LogP contribution >= 0.6 is 24.8 Å². The largest absolute Gasteiger partial charge is 0.488 e. The van der Waals surface area contributed by atoms with Gasteiger partial charge < -0.3 is 15.2 Å². The molecule has 1 aromatic carbocycles. The molecule has 1 saturated heterocycles. The van der Waals surface area contributed by atoms with Crippen molar-refractivity contribution in [3.8, 4) is 17.3 Å². The highest BCUT2D eigenvalue weighted by atomic mass is 35.5. The summed E-state index contributed by atoms with van der Waals surface area (Å²) in [6.45, 7) is 0.857. The van der Waals surface area contributed by atoms with Gasteiger partial charge in [0.05, 0.1) is 6.61 Å². The van der Waals surface area contributed by atoms with E-state index in [9.17, 15) is 13.2 Å². The molecule has 0 spiro atoms. The van der Waals surface area contributed by atoms with E-state index in [-0.39, 0.29) is 78.9 Å². The second-order valence-electron chi connectivity index (χ2n) is 8.69. The molecule has 5 rings (SSSR count). The highest BCUT2D eigenvalue weighted by molar-refractivity contribution is 5.85. The second-order valence-corrected chi connectivity index (χ2v) is 8.69. The predicted molar refractivity (Wildman–Crippen MR) is 139 cm³/mol. The summed E-state index contributed by atoms with van der Waals surface area (Å²) in [5.74, 6) is -0.435. The number of aromatic nitrogens is 4. The van der Waals surface area contributed by atoms with Crippen molar-refractivity contribution in [1.29, 1.82) is 0 Å². The van der Waals surface area contributed by atoms with E-state index in [1.165, 1.54) is 40.8 Å². The van der Waals surface area contributed by atoms with Gasteiger partial charge in [0.1, 0.15) is 23.9 Å². The Hall–Kier alpha value is -2.77. The van der Waals surface area contributed by atoms with Gasteiger partial charge in [-0.3, -0.25) is 9.30 Å². The van der Waals surface area contributed by atoms with Crippen LogP contribution in [-0.2, 0) is 4.74 Å². The molecule has 1 fully saturated rings. The van der Waals surface area contributed by atoms with Crippen molar-refractivity contribution in [2.45, 2.75) is 24.7 Å². The SMILES string of the molecule is COCCOc1ccc2ccc(-c3nnc4ccc([C@@H](N5CCC(N)C5)C(F)(F)F)cn34)nc2c1F.Cl.Cl. The van der Waals surface area contributed by atoms with Crippen molar-refractivity contribution in [3.63, 3.8) is 0 Å². The molecule has 2 N–H and O–H groups in total. The number of ether oxygens (including phenoxy) is 2. The first-order valence-electron chi connectivity index (χ1n) is 11.4. The van der Waals surface area contributed by atoms with E-state index in [1.54, 1.807) is 18.2 Å². The van der Waals surface area contributed by atoms with Gasteiger partial charge in [-0.2, -0.15) is 13.2 Å². The Balaban J connectivity index is 0.00000200. The smallest absolute Gasteiger partial charge is 0.408 e. The van der Waals surface area contributed by atoms with Crippen LogP contribution in [0.1, 0.15) is 18.0 Å². The number of benzene rings is 1. The fraction of sp³-hybridized carbons (Fsp3) is 0.375. The molecule has 8 nitrogen and oxygen atoms in total. The van der Waals surface area contributed by atoms with Gasteiger partial charge in [0.2, 0.25) is 0 Å². The second kappa shape index (κ2) is 12.0. The van der Waals surface area contributed by atoms with Crippen LogP contribution in [-0.4, -0.2) is 70.1 Å². The lowest BCUT2D eigenvalue weighted by Gasteiger charge is -2.30. The Bertz CT molecular complexity index is 1400. The first-order chi connectivity index (χ1) is 17.3. The molecule has 0 bridgehead atoms. The maximum absolute atomic E-state index is 15.1. The summed E-state index contributed by atoms with van der Waals surface area (Å²) in [6.07, 6.45) is -2.65. The molecular weight excluding hydrogens is 551 g/mol. The number of hydrogen-bond donors (Lipinski definition) is 1. The third kappa shape index (κ3) is 5.79. The maximum atomic E-state index is 15.1. The molecule has 2 atom stereocenters.